The zero-order valence-electron chi connectivity index (χ0n) is 17.8. The lowest BCUT2D eigenvalue weighted by atomic mass is 10.2. The van der Waals surface area contributed by atoms with Crippen molar-refractivity contribution in [1.29, 1.82) is 0 Å². The van der Waals surface area contributed by atoms with E-state index in [1.807, 2.05) is 0 Å². The van der Waals surface area contributed by atoms with Gasteiger partial charge in [0.25, 0.3) is 10.2 Å². The largest absolute Gasteiger partial charge is 0.339 e. The SMILES string of the molecule is CCN(CC)S(=O)(=O)N1CCN(C(=O)C2CCCN2S(=O)(=O)c2ccccc2F)CC1. The van der Waals surface area contributed by atoms with Crippen LogP contribution in [0.3, 0.4) is 0 Å². The van der Waals surface area contributed by atoms with Crippen molar-refractivity contribution in [2.24, 2.45) is 0 Å². The lowest BCUT2D eigenvalue weighted by Crippen LogP contribution is -2.57. The number of rotatable bonds is 7. The van der Waals surface area contributed by atoms with E-state index in [-0.39, 0.29) is 38.6 Å². The summed E-state index contributed by atoms with van der Waals surface area (Å²) in [5.74, 6) is -1.21. The van der Waals surface area contributed by atoms with Crippen LogP contribution in [0, 0.1) is 5.82 Å². The number of carbonyl (C=O) groups excluding carboxylic acids is 1. The summed E-state index contributed by atoms with van der Waals surface area (Å²) in [6.07, 6.45) is 0.852. The van der Waals surface area contributed by atoms with Gasteiger partial charge in [0, 0.05) is 45.8 Å². The number of halogens is 1. The van der Waals surface area contributed by atoms with Crippen molar-refractivity contribution in [2.75, 3.05) is 45.8 Å². The first-order chi connectivity index (χ1) is 14.6. The van der Waals surface area contributed by atoms with Gasteiger partial charge in [0.2, 0.25) is 15.9 Å². The smallest absolute Gasteiger partial charge is 0.282 e. The molecule has 1 unspecified atom stereocenters. The third-order valence-electron chi connectivity index (χ3n) is 5.82. The molecule has 9 nitrogen and oxygen atoms in total. The molecule has 0 aliphatic carbocycles. The molecule has 2 saturated heterocycles. The van der Waals surface area contributed by atoms with Crippen LogP contribution in [-0.2, 0) is 25.0 Å². The molecule has 2 fully saturated rings. The van der Waals surface area contributed by atoms with Crippen molar-refractivity contribution in [3.63, 3.8) is 0 Å². The average Bonchev–Trinajstić information content (AvgIpc) is 3.25. The van der Waals surface area contributed by atoms with Gasteiger partial charge in [-0.05, 0) is 25.0 Å². The normalized spacial score (nSPS) is 21.7. The average molecular weight is 477 g/mol. The first-order valence-corrected chi connectivity index (χ1v) is 13.3. The topological polar surface area (TPSA) is 98.3 Å². The maximum Gasteiger partial charge on any atom is 0.282 e. The number of amides is 1. The predicted molar refractivity (Wildman–Crippen MR) is 113 cm³/mol. The molecule has 2 heterocycles. The fraction of sp³-hybridized carbons (Fsp3) is 0.632. The van der Waals surface area contributed by atoms with Crippen LogP contribution in [0.15, 0.2) is 29.2 Å². The summed E-state index contributed by atoms with van der Waals surface area (Å²) in [6, 6.07) is 4.22. The van der Waals surface area contributed by atoms with E-state index < -0.39 is 37.0 Å². The molecule has 0 bridgehead atoms. The van der Waals surface area contributed by atoms with Gasteiger partial charge in [-0.25, -0.2) is 12.8 Å². The predicted octanol–water partition coefficient (Wildman–Crippen LogP) is 0.710. The minimum Gasteiger partial charge on any atom is -0.339 e. The standard InChI is InChI=1S/C19H29FN4O5S2/c1-3-22(4-2)31(28,29)23-14-12-21(13-15-23)19(25)17-9-7-11-24(17)30(26,27)18-10-6-5-8-16(18)20/h5-6,8,10,17H,3-4,7,9,11-15H2,1-2H3. The number of carbonyl (C=O) groups is 1. The highest BCUT2D eigenvalue weighted by molar-refractivity contribution is 7.89. The monoisotopic (exact) mass is 476 g/mol. The first kappa shape index (κ1) is 24.1. The number of benzene rings is 1. The lowest BCUT2D eigenvalue weighted by Gasteiger charge is -2.38. The molecule has 31 heavy (non-hydrogen) atoms. The highest BCUT2D eigenvalue weighted by Gasteiger charge is 2.43. The summed E-state index contributed by atoms with van der Waals surface area (Å²) < 4.78 is 69.3. The van der Waals surface area contributed by atoms with Crippen LogP contribution in [0.5, 0.6) is 0 Å². The Kier molecular flexibility index (Phi) is 7.36. The zero-order chi connectivity index (χ0) is 22.8. The highest BCUT2D eigenvalue weighted by Crippen LogP contribution is 2.29. The molecule has 0 radical (unpaired) electrons. The van der Waals surface area contributed by atoms with Crippen molar-refractivity contribution in [3.05, 3.63) is 30.1 Å². The van der Waals surface area contributed by atoms with Crippen molar-refractivity contribution in [1.82, 2.24) is 17.8 Å². The minimum absolute atomic E-state index is 0.142. The van der Waals surface area contributed by atoms with Gasteiger partial charge in [0.1, 0.15) is 16.8 Å². The molecule has 1 amide bonds. The number of nitrogens with zero attached hydrogens (tertiary/aromatic N) is 4. The van der Waals surface area contributed by atoms with Crippen molar-refractivity contribution < 1.29 is 26.0 Å². The van der Waals surface area contributed by atoms with E-state index in [2.05, 4.69) is 0 Å². The summed E-state index contributed by atoms with van der Waals surface area (Å²) in [5.41, 5.74) is 0. The molecule has 2 aliphatic rings. The summed E-state index contributed by atoms with van der Waals surface area (Å²) in [5, 5.41) is 0. The maximum atomic E-state index is 14.1. The van der Waals surface area contributed by atoms with Crippen LogP contribution < -0.4 is 0 Å². The van der Waals surface area contributed by atoms with E-state index in [4.69, 9.17) is 0 Å². The van der Waals surface area contributed by atoms with Gasteiger partial charge in [-0.3, -0.25) is 4.79 Å². The van der Waals surface area contributed by atoms with Crippen molar-refractivity contribution in [3.8, 4) is 0 Å². The Bertz CT molecular complexity index is 1010. The first-order valence-electron chi connectivity index (χ1n) is 10.4. The Morgan fingerprint density at radius 1 is 1.03 bits per heavy atom. The zero-order valence-corrected chi connectivity index (χ0v) is 19.4. The molecule has 1 atom stereocenters. The van der Waals surface area contributed by atoms with Gasteiger partial charge >= 0.3 is 0 Å². The molecule has 0 spiro atoms. The maximum absolute atomic E-state index is 14.1. The van der Waals surface area contributed by atoms with Gasteiger partial charge in [0.15, 0.2) is 0 Å². The number of hydrogen-bond acceptors (Lipinski definition) is 5. The summed E-state index contributed by atoms with van der Waals surface area (Å²) in [7, 11) is -7.74. The molecule has 174 valence electrons. The second-order valence-electron chi connectivity index (χ2n) is 7.52. The van der Waals surface area contributed by atoms with Crippen LogP contribution in [0.25, 0.3) is 0 Å². The number of piperazine rings is 1. The summed E-state index contributed by atoms with van der Waals surface area (Å²) in [6.45, 7) is 5.08. The van der Waals surface area contributed by atoms with Gasteiger partial charge in [-0.2, -0.15) is 21.3 Å². The quantitative estimate of drug-likeness (QED) is 0.577. The van der Waals surface area contributed by atoms with E-state index in [0.29, 0.717) is 25.9 Å². The molecule has 1 aromatic rings. The van der Waals surface area contributed by atoms with Crippen LogP contribution in [0.2, 0.25) is 0 Å². The molecule has 0 saturated carbocycles. The molecule has 2 aliphatic heterocycles. The van der Waals surface area contributed by atoms with Crippen molar-refractivity contribution >= 4 is 26.1 Å². The Labute approximate surface area is 183 Å². The number of hydrogen-bond donors (Lipinski definition) is 0. The Morgan fingerprint density at radius 2 is 1.65 bits per heavy atom. The van der Waals surface area contributed by atoms with E-state index in [0.717, 1.165) is 10.4 Å². The fourth-order valence-corrected chi connectivity index (χ4v) is 7.44. The molecular formula is C19H29FN4O5S2. The second kappa shape index (κ2) is 9.49. The van der Waals surface area contributed by atoms with Gasteiger partial charge < -0.3 is 4.90 Å². The van der Waals surface area contributed by atoms with Crippen molar-refractivity contribution in [2.45, 2.75) is 37.6 Å². The summed E-state index contributed by atoms with van der Waals surface area (Å²) in [4.78, 5) is 14.2. The van der Waals surface area contributed by atoms with E-state index in [1.54, 1.807) is 13.8 Å². The Morgan fingerprint density at radius 3 is 2.23 bits per heavy atom. The Balaban J connectivity index is 1.72. The molecule has 1 aromatic carbocycles. The van der Waals surface area contributed by atoms with E-state index in [1.165, 1.54) is 31.7 Å². The van der Waals surface area contributed by atoms with Crippen LogP contribution in [0.1, 0.15) is 26.7 Å². The highest BCUT2D eigenvalue weighted by atomic mass is 32.2. The van der Waals surface area contributed by atoms with Crippen LogP contribution in [0.4, 0.5) is 4.39 Å². The summed E-state index contributed by atoms with van der Waals surface area (Å²) >= 11 is 0. The van der Waals surface area contributed by atoms with E-state index >= 15 is 0 Å². The van der Waals surface area contributed by atoms with Gasteiger partial charge in [0.05, 0.1) is 0 Å². The lowest BCUT2D eigenvalue weighted by molar-refractivity contribution is -0.135. The second-order valence-corrected chi connectivity index (χ2v) is 11.3. The third-order valence-corrected chi connectivity index (χ3v) is 9.95. The molecule has 0 N–H and O–H groups in total. The molecule has 0 aromatic heterocycles. The fourth-order valence-electron chi connectivity index (χ4n) is 4.12. The minimum atomic E-state index is -4.16. The van der Waals surface area contributed by atoms with Crippen LogP contribution >= 0.6 is 0 Å². The van der Waals surface area contributed by atoms with Gasteiger partial charge in [-0.15, -0.1) is 0 Å². The van der Waals surface area contributed by atoms with Gasteiger partial charge in [-0.1, -0.05) is 26.0 Å². The Hall–Kier alpha value is -1.60. The molecular weight excluding hydrogens is 447 g/mol. The van der Waals surface area contributed by atoms with Crippen LogP contribution in [-0.4, -0.2) is 92.4 Å². The third kappa shape index (κ3) is 4.63. The molecule has 3 rings (SSSR count). The molecule has 12 heteroatoms. The van der Waals surface area contributed by atoms with E-state index in [9.17, 15) is 26.0 Å². The number of sulfonamides is 1.